The van der Waals surface area contributed by atoms with Gasteiger partial charge in [-0.25, -0.2) is 0 Å². The molecule has 0 unspecified atom stereocenters. The van der Waals surface area contributed by atoms with Crippen molar-refractivity contribution in [1.82, 2.24) is 5.32 Å². The molecule has 0 heterocycles. The van der Waals surface area contributed by atoms with E-state index in [0.29, 0.717) is 13.1 Å². The topological polar surface area (TPSA) is 56.0 Å². The van der Waals surface area contributed by atoms with Crippen LogP contribution in [0.5, 0.6) is 0 Å². The van der Waals surface area contributed by atoms with Gasteiger partial charge in [-0.05, 0) is 12.8 Å². The van der Waals surface area contributed by atoms with Gasteiger partial charge in [0, 0.05) is 6.54 Å². The van der Waals surface area contributed by atoms with Gasteiger partial charge < -0.3 is 10.4 Å². The Morgan fingerprint density at radius 1 is 1.45 bits per heavy atom. The molecule has 2 N–H and O–H groups in total. The van der Waals surface area contributed by atoms with E-state index < -0.39 is 5.60 Å². The Labute approximate surface area is 67.0 Å². The van der Waals surface area contributed by atoms with Crippen molar-refractivity contribution in [1.29, 1.82) is 5.26 Å². The monoisotopic (exact) mass is 154 g/mol. The van der Waals surface area contributed by atoms with E-state index in [4.69, 9.17) is 5.26 Å². The highest BCUT2D eigenvalue weighted by Gasteiger charge is 2.30. The molecule has 0 bridgehead atoms. The highest BCUT2D eigenvalue weighted by Crippen LogP contribution is 2.28. The van der Waals surface area contributed by atoms with Gasteiger partial charge in [0.05, 0.1) is 18.2 Å². The third-order valence-electron chi connectivity index (χ3n) is 2.19. The fraction of sp³-hybridized carbons (Fsp3) is 0.875. The van der Waals surface area contributed by atoms with E-state index in [1.807, 2.05) is 6.07 Å². The summed E-state index contributed by atoms with van der Waals surface area (Å²) < 4.78 is 0. The van der Waals surface area contributed by atoms with E-state index in [0.717, 1.165) is 25.7 Å². The van der Waals surface area contributed by atoms with Crippen LogP contribution in [0.1, 0.15) is 25.7 Å². The third-order valence-corrected chi connectivity index (χ3v) is 2.19. The van der Waals surface area contributed by atoms with Crippen LogP contribution in [-0.2, 0) is 0 Å². The Balaban J connectivity index is 2.19. The maximum atomic E-state index is 9.75. The number of aliphatic hydroxyl groups is 1. The summed E-state index contributed by atoms with van der Waals surface area (Å²) in [5.41, 5.74) is -0.517. The average molecular weight is 154 g/mol. The van der Waals surface area contributed by atoms with Crippen molar-refractivity contribution in [2.24, 2.45) is 0 Å². The van der Waals surface area contributed by atoms with Crippen LogP contribution in [0.3, 0.4) is 0 Å². The lowest BCUT2D eigenvalue weighted by atomic mass is 10.0. The minimum absolute atomic E-state index is 0.336. The molecule has 1 rings (SSSR count). The molecule has 0 aromatic heterocycles. The van der Waals surface area contributed by atoms with Gasteiger partial charge in [-0.2, -0.15) is 5.26 Å². The van der Waals surface area contributed by atoms with Crippen LogP contribution < -0.4 is 5.32 Å². The highest BCUT2D eigenvalue weighted by atomic mass is 16.3. The van der Waals surface area contributed by atoms with Crippen LogP contribution in [0.25, 0.3) is 0 Å². The van der Waals surface area contributed by atoms with E-state index in [-0.39, 0.29) is 0 Å². The van der Waals surface area contributed by atoms with Gasteiger partial charge in [0.15, 0.2) is 0 Å². The molecular weight excluding hydrogens is 140 g/mol. The van der Waals surface area contributed by atoms with E-state index in [9.17, 15) is 5.11 Å². The van der Waals surface area contributed by atoms with E-state index in [1.54, 1.807) is 0 Å². The molecular formula is C8H14N2O. The normalized spacial score (nSPS) is 21.5. The zero-order valence-corrected chi connectivity index (χ0v) is 6.64. The van der Waals surface area contributed by atoms with Gasteiger partial charge in [-0.3, -0.25) is 0 Å². The van der Waals surface area contributed by atoms with Crippen molar-refractivity contribution in [2.45, 2.75) is 31.3 Å². The number of nitriles is 1. The smallest absolute Gasteiger partial charge is 0.0841 e. The lowest BCUT2D eigenvalue weighted by Gasteiger charge is -2.21. The molecule has 1 aliphatic rings. The predicted octanol–water partition coefficient (Wildman–Crippen LogP) is 0.405. The largest absolute Gasteiger partial charge is 0.389 e. The molecule has 3 heteroatoms. The van der Waals surface area contributed by atoms with Gasteiger partial charge in [0.25, 0.3) is 0 Å². The van der Waals surface area contributed by atoms with Crippen molar-refractivity contribution in [3.63, 3.8) is 0 Å². The van der Waals surface area contributed by atoms with Gasteiger partial charge >= 0.3 is 0 Å². The van der Waals surface area contributed by atoms with Crippen molar-refractivity contribution < 1.29 is 5.11 Å². The average Bonchev–Trinajstić information content (AvgIpc) is 2.38. The molecule has 0 aromatic rings. The molecule has 11 heavy (non-hydrogen) atoms. The predicted molar refractivity (Wildman–Crippen MR) is 41.9 cm³/mol. The van der Waals surface area contributed by atoms with E-state index in [2.05, 4.69) is 5.32 Å². The number of hydrogen-bond acceptors (Lipinski definition) is 3. The first-order chi connectivity index (χ1) is 5.27. The lowest BCUT2D eigenvalue weighted by Crippen LogP contribution is -2.38. The maximum absolute atomic E-state index is 9.75. The van der Waals surface area contributed by atoms with Crippen molar-refractivity contribution in [3.8, 4) is 6.07 Å². The van der Waals surface area contributed by atoms with Gasteiger partial charge in [0.2, 0.25) is 0 Å². The van der Waals surface area contributed by atoms with Crippen LogP contribution in [-0.4, -0.2) is 23.8 Å². The number of rotatable bonds is 3. The fourth-order valence-electron chi connectivity index (χ4n) is 1.56. The van der Waals surface area contributed by atoms with Crippen LogP contribution in [0.2, 0.25) is 0 Å². The zero-order chi connectivity index (χ0) is 8.16. The van der Waals surface area contributed by atoms with Crippen LogP contribution >= 0.6 is 0 Å². The maximum Gasteiger partial charge on any atom is 0.0841 e. The molecule has 1 fully saturated rings. The third kappa shape index (κ3) is 2.49. The second-order valence-corrected chi connectivity index (χ2v) is 3.19. The Hall–Kier alpha value is -0.590. The summed E-state index contributed by atoms with van der Waals surface area (Å²) in [6, 6.07) is 1.99. The molecule has 0 spiro atoms. The van der Waals surface area contributed by atoms with Crippen LogP contribution in [0, 0.1) is 11.3 Å². The van der Waals surface area contributed by atoms with Crippen LogP contribution in [0.15, 0.2) is 0 Å². The minimum atomic E-state index is -0.517. The molecule has 62 valence electrons. The summed E-state index contributed by atoms with van der Waals surface area (Å²) in [5, 5.41) is 20.9. The number of nitrogens with one attached hydrogen (secondary N) is 1. The Kier molecular flexibility index (Phi) is 2.86. The summed E-state index contributed by atoms with van der Waals surface area (Å²) >= 11 is 0. The fourth-order valence-corrected chi connectivity index (χ4v) is 1.56. The molecule has 0 saturated heterocycles. The molecule has 0 amide bonds. The first-order valence-corrected chi connectivity index (χ1v) is 4.07. The van der Waals surface area contributed by atoms with Gasteiger partial charge in [-0.1, -0.05) is 12.8 Å². The first-order valence-electron chi connectivity index (χ1n) is 4.07. The molecule has 0 radical (unpaired) electrons. The van der Waals surface area contributed by atoms with E-state index >= 15 is 0 Å². The summed E-state index contributed by atoms with van der Waals surface area (Å²) in [6.45, 7) is 0.906. The summed E-state index contributed by atoms with van der Waals surface area (Å²) in [7, 11) is 0. The first kappa shape index (κ1) is 8.51. The molecule has 1 saturated carbocycles. The summed E-state index contributed by atoms with van der Waals surface area (Å²) in [5.74, 6) is 0. The second-order valence-electron chi connectivity index (χ2n) is 3.19. The Bertz CT molecular complexity index is 156. The molecule has 0 aliphatic heterocycles. The SMILES string of the molecule is N#CCNCC1(O)CCCC1. The van der Waals surface area contributed by atoms with Crippen molar-refractivity contribution in [2.75, 3.05) is 13.1 Å². The molecule has 0 atom stereocenters. The molecule has 1 aliphatic carbocycles. The van der Waals surface area contributed by atoms with Gasteiger partial charge in [0.1, 0.15) is 0 Å². The van der Waals surface area contributed by atoms with Gasteiger partial charge in [-0.15, -0.1) is 0 Å². The van der Waals surface area contributed by atoms with Crippen molar-refractivity contribution in [3.05, 3.63) is 0 Å². The minimum Gasteiger partial charge on any atom is -0.389 e. The number of nitrogens with zero attached hydrogens (tertiary/aromatic N) is 1. The summed E-state index contributed by atoms with van der Waals surface area (Å²) in [4.78, 5) is 0. The Morgan fingerprint density at radius 2 is 2.09 bits per heavy atom. The standard InChI is InChI=1S/C8H14N2O/c9-5-6-10-7-8(11)3-1-2-4-8/h10-11H,1-4,6-7H2. The Morgan fingerprint density at radius 3 is 2.64 bits per heavy atom. The lowest BCUT2D eigenvalue weighted by molar-refractivity contribution is 0.0489. The quantitative estimate of drug-likeness (QED) is 0.457. The molecule has 0 aromatic carbocycles. The van der Waals surface area contributed by atoms with Crippen molar-refractivity contribution >= 4 is 0 Å². The number of hydrogen-bond donors (Lipinski definition) is 2. The highest BCUT2D eigenvalue weighted by molar-refractivity contribution is 4.87. The van der Waals surface area contributed by atoms with E-state index in [1.165, 1.54) is 0 Å². The van der Waals surface area contributed by atoms with Crippen LogP contribution in [0.4, 0.5) is 0 Å². The second kappa shape index (κ2) is 3.70. The molecule has 3 nitrogen and oxygen atoms in total. The zero-order valence-electron chi connectivity index (χ0n) is 6.64. The summed E-state index contributed by atoms with van der Waals surface area (Å²) in [6.07, 6.45) is 3.99.